The van der Waals surface area contributed by atoms with Crippen LogP contribution in [0.2, 0.25) is 10.0 Å². The highest BCUT2D eigenvalue weighted by molar-refractivity contribution is 7.84. The fraction of sp³-hybridized carbons (Fsp3) is 0.214. The van der Waals surface area contributed by atoms with Crippen LogP contribution in [-0.2, 0) is 16.6 Å². The first-order chi connectivity index (χ1) is 9.40. The highest BCUT2D eigenvalue weighted by Crippen LogP contribution is 2.26. The van der Waals surface area contributed by atoms with Crippen LogP contribution in [0.25, 0.3) is 0 Å². The van der Waals surface area contributed by atoms with E-state index in [2.05, 4.69) is 4.98 Å². The number of hydrogen-bond donors (Lipinski definition) is 1. The molecule has 0 spiro atoms. The third-order valence-electron chi connectivity index (χ3n) is 3.10. The summed E-state index contributed by atoms with van der Waals surface area (Å²) in [5, 5.41) is 0.840. The molecule has 1 unspecified atom stereocenters. The predicted octanol–water partition coefficient (Wildman–Crippen LogP) is 3.90. The monoisotopic (exact) mass is 328 g/mol. The normalized spacial score (nSPS) is 12.4. The summed E-state index contributed by atoms with van der Waals surface area (Å²) < 4.78 is 12.4. The molecule has 6 heteroatoms. The van der Waals surface area contributed by atoms with Gasteiger partial charge in [-0.15, -0.1) is 0 Å². The van der Waals surface area contributed by atoms with Gasteiger partial charge in [-0.2, -0.15) is 0 Å². The molecule has 1 heterocycles. The number of nitrogens with zero attached hydrogens (tertiary/aromatic N) is 1. The molecule has 0 fully saturated rings. The lowest BCUT2D eigenvalue weighted by molar-refractivity contribution is 0.682. The zero-order valence-electron chi connectivity index (χ0n) is 11.1. The van der Waals surface area contributed by atoms with Crippen molar-refractivity contribution in [3.63, 3.8) is 0 Å². The zero-order chi connectivity index (χ0) is 14.9. The molecule has 0 radical (unpaired) electrons. The van der Waals surface area contributed by atoms with Crippen molar-refractivity contribution in [1.29, 1.82) is 0 Å². The topological polar surface area (TPSA) is 56.0 Å². The van der Waals surface area contributed by atoms with Gasteiger partial charge >= 0.3 is 0 Å². The average Bonchev–Trinajstić information content (AvgIpc) is 2.42. The lowest BCUT2D eigenvalue weighted by atomic mass is 10.1. The zero-order valence-corrected chi connectivity index (χ0v) is 13.4. The number of aryl methyl sites for hydroxylation is 1. The van der Waals surface area contributed by atoms with Crippen LogP contribution in [0.1, 0.15) is 16.8 Å². The molecular weight excluding hydrogens is 315 g/mol. The maximum Gasteiger partial charge on any atom is 0.0709 e. The minimum Gasteiger partial charge on any atom is -0.398 e. The van der Waals surface area contributed by atoms with Gasteiger partial charge in [-0.05, 0) is 43.2 Å². The molecule has 0 saturated carbocycles. The van der Waals surface area contributed by atoms with Gasteiger partial charge in [0.1, 0.15) is 0 Å². The molecule has 1 aromatic carbocycles. The number of pyridine rings is 1. The van der Waals surface area contributed by atoms with Crippen LogP contribution in [0.15, 0.2) is 29.3 Å². The number of halogens is 2. The highest BCUT2D eigenvalue weighted by Gasteiger charge is 2.12. The van der Waals surface area contributed by atoms with E-state index >= 15 is 0 Å². The Labute approximate surface area is 130 Å². The second-order valence-corrected chi connectivity index (χ2v) is 6.76. The highest BCUT2D eigenvalue weighted by atomic mass is 35.5. The van der Waals surface area contributed by atoms with Crippen LogP contribution in [0.4, 0.5) is 5.69 Å². The fourth-order valence-corrected chi connectivity index (χ4v) is 3.30. The van der Waals surface area contributed by atoms with E-state index in [-0.39, 0.29) is 0 Å². The Bertz CT molecular complexity index is 689. The summed E-state index contributed by atoms with van der Waals surface area (Å²) in [4.78, 5) is 4.94. The third kappa shape index (κ3) is 3.14. The summed E-state index contributed by atoms with van der Waals surface area (Å²) in [5.74, 6) is 0.300. The SMILES string of the molecule is Cc1cnc(CS(=O)c2ccc(Cl)c(Cl)c2)c(C)c1N. The molecule has 2 N–H and O–H groups in total. The number of benzene rings is 1. The van der Waals surface area contributed by atoms with Crippen molar-refractivity contribution in [2.24, 2.45) is 0 Å². The number of nitrogens with two attached hydrogens (primary N) is 1. The smallest absolute Gasteiger partial charge is 0.0709 e. The molecule has 1 aromatic heterocycles. The van der Waals surface area contributed by atoms with Gasteiger partial charge in [0, 0.05) is 16.8 Å². The molecule has 106 valence electrons. The van der Waals surface area contributed by atoms with E-state index in [1.54, 1.807) is 24.4 Å². The van der Waals surface area contributed by atoms with Crippen molar-refractivity contribution in [2.75, 3.05) is 5.73 Å². The summed E-state index contributed by atoms with van der Waals surface area (Å²) in [7, 11) is -1.24. The molecule has 2 rings (SSSR count). The van der Waals surface area contributed by atoms with E-state index in [0.29, 0.717) is 26.4 Å². The second-order valence-electron chi connectivity index (χ2n) is 4.49. The number of aromatic nitrogens is 1. The average molecular weight is 329 g/mol. The molecule has 0 aliphatic heterocycles. The lowest BCUT2D eigenvalue weighted by Crippen LogP contribution is -2.05. The first-order valence-corrected chi connectivity index (χ1v) is 8.01. The van der Waals surface area contributed by atoms with Gasteiger partial charge < -0.3 is 5.73 Å². The van der Waals surface area contributed by atoms with E-state index in [9.17, 15) is 4.21 Å². The van der Waals surface area contributed by atoms with Crippen molar-refractivity contribution >= 4 is 39.7 Å². The fourth-order valence-electron chi connectivity index (χ4n) is 1.76. The summed E-state index contributed by atoms with van der Waals surface area (Å²) in [5.41, 5.74) is 9.19. The molecule has 1 atom stereocenters. The van der Waals surface area contributed by atoms with Gasteiger partial charge in [0.25, 0.3) is 0 Å². The lowest BCUT2D eigenvalue weighted by Gasteiger charge is -2.10. The van der Waals surface area contributed by atoms with Gasteiger partial charge in [0.2, 0.25) is 0 Å². The van der Waals surface area contributed by atoms with Crippen molar-refractivity contribution in [3.05, 3.63) is 51.3 Å². The Balaban J connectivity index is 2.28. The maximum absolute atomic E-state index is 12.4. The van der Waals surface area contributed by atoms with Gasteiger partial charge in [-0.1, -0.05) is 23.2 Å². The second kappa shape index (κ2) is 6.12. The largest absolute Gasteiger partial charge is 0.398 e. The quantitative estimate of drug-likeness (QED) is 0.929. The molecular formula is C14H14Cl2N2OS. The third-order valence-corrected chi connectivity index (χ3v) is 5.15. The number of nitrogen functional groups attached to an aromatic ring is 1. The van der Waals surface area contributed by atoms with E-state index in [0.717, 1.165) is 16.8 Å². The summed E-state index contributed by atoms with van der Waals surface area (Å²) in [6, 6.07) is 4.96. The van der Waals surface area contributed by atoms with Gasteiger partial charge in [-0.25, -0.2) is 0 Å². The van der Waals surface area contributed by atoms with Crippen LogP contribution < -0.4 is 5.73 Å². The van der Waals surface area contributed by atoms with Crippen LogP contribution in [0, 0.1) is 13.8 Å². The number of rotatable bonds is 3. The Morgan fingerprint density at radius 3 is 2.60 bits per heavy atom. The first kappa shape index (κ1) is 15.3. The van der Waals surface area contributed by atoms with Gasteiger partial charge in [0.05, 0.1) is 32.3 Å². The molecule has 0 bridgehead atoms. The van der Waals surface area contributed by atoms with Crippen molar-refractivity contribution < 1.29 is 4.21 Å². The summed E-state index contributed by atoms with van der Waals surface area (Å²) >= 11 is 11.8. The summed E-state index contributed by atoms with van der Waals surface area (Å²) in [6.07, 6.45) is 1.70. The molecule has 0 aliphatic rings. The van der Waals surface area contributed by atoms with Gasteiger partial charge in [-0.3, -0.25) is 9.19 Å². The van der Waals surface area contributed by atoms with Crippen LogP contribution in [0.3, 0.4) is 0 Å². The minimum atomic E-state index is -1.24. The standard InChI is InChI=1S/C14H14Cl2N2OS/c1-8-6-18-13(9(2)14(8)17)7-20(19)10-3-4-11(15)12(16)5-10/h3-6H,7H2,1-2H3,(H2,17,18). The molecule has 3 nitrogen and oxygen atoms in total. The van der Waals surface area contributed by atoms with E-state index < -0.39 is 10.8 Å². The molecule has 0 aliphatic carbocycles. The predicted molar refractivity (Wildman–Crippen MR) is 84.7 cm³/mol. The van der Waals surface area contributed by atoms with Crippen molar-refractivity contribution in [1.82, 2.24) is 4.98 Å². The van der Waals surface area contributed by atoms with E-state index in [1.165, 1.54) is 0 Å². The maximum atomic E-state index is 12.4. The van der Waals surface area contributed by atoms with E-state index in [1.807, 2.05) is 13.8 Å². The number of hydrogen-bond acceptors (Lipinski definition) is 3. The Kier molecular flexibility index (Phi) is 4.68. The van der Waals surface area contributed by atoms with Crippen molar-refractivity contribution in [3.8, 4) is 0 Å². The Morgan fingerprint density at radius 1 is 1.25 bits per heavy atom. The Morgan fingerprint density at radius 2 is 1.95 bits per heavy atom. The first-order valence-electron chi connectivity index (χ1n) is 5.94. The minimum absolute atomic E-state index is 0.300. The molecule has 0 saturated heterocycles. The van der Waals surface area contributed by atoms with Gasteiger partial charge in [0.15, 0.2) is 0 Å². The Hall–Kier alpha value is -1.10. The molecule has 2 aromatic rings. The van der Waals surface area contributed by atoms with Crippen LogP contribution in [0.5, 0.6) is 0 Å². The van der Waals surface area contributed by atoms with Crippen LogP contribution in [-0.4, -0.2) is 9.19 Å². The van der Waals surface area contributed by atoms with E-state index in [4.69, 9.17) is 28.9 Å². The molecule has 0 amide bonds. The van der Waals surface area contributed by atoms with Crippen LogP contribution >= 0.6 is 23.2 Å². The number of anilines is 1. The molecule has 20 heavy (non-hydrogen) atoms. The van der Waals surface area contributed by atoms with Crippen molar-refractivity contribution in [2.45, 2.75) is 24.5 Å². The summed E-state index contributed by atoms with van der Waals surface area (Å²) in [6.45, 7) is 3.78.